The number of nitrogens with zero attached hydrogens (tertiary/aromatic N) is 1. The smallest absolute Gasteiger partial charge is 0.326 e. The van der Waals surface area contributed by atoms with Crippen LogP contribution in [0, 0.1) is 0 Å². The van der Waals surface area contributed by atoms with E-state index in [1.807, 2.05) is 0 Å². The molecule has 0 aliphatic carbocycles. The van der Waals surface area contributed by atoms with Gasteiger partial charge in [-0.2, -0.15) is 0 Å². The highest BCUT2D eigenvalue weighted by atomic mass is 16.4. The third-order valence-corrected chi connectivity index (χ3v) is 4.00. The van der Waals surface area contributed by atoms with Gasteiger partial charge in [0.15, 0.2) is 0 Å². The van der Waals surface area contributed by atoms with Gasteiger partial charge in [-0.05, 0) is 26.7 Å². The summed E-state index contributed by atoms with van der Waals surface area (Å²) in [6.45, 7) is 3.08. The molecule has 146 valence electrons. The molecule has 0 spiro atoms. The Bertz CT molecular complexity index is 593. The van der Waals surface area contributed by atoms with Gasteiger partial charge in [0.2, 0.25) is 23.6 Å². The number of likely N-dealkylation sites (tertiary alicyclic amines) is 1. The molecule has 0 aromatic carbocycles. The van der Waals surface area contributed by atoms with E-state index in [0.717, 1.165) is 0 Å². The highest BCUT2D eigenvalue weighted by molar-refractivity contribution is 5.96. The van der Waals surface area contributed by atoms with Crippen molar-refractivity contribution in [2.75, 3.05) is 6.54 Å². The van der Waals surface area contributed by atoms with Gasteiger partial charge in [-0.15, -0.1) is 0 Å². The number of nitrogens with two attached hydrogens (primary N) is 2. The van der Waals surface area contributed by atoms with Gasteiger partial charge in [0, 0.05) is 6.54 Å². The summed E-state index contributed by atoms with van der Waals surface area (Å²) >= 11 is 0. The van der Waals surface area contributed by atoms with Crippen LogP contribution in [-0.2, 0) is 24.0 Å². The first kappa shape index (κ1) is 21.4. The number of nitrogens with one attached hydrogen (secondary N) is 2. The first-order valence-corrected chi connectivity index (χ1v) is 8.22. The predicted octanol–water partition coefficient (Wildman–Crippen LogP) is -2.73. The van der Waals surface area contributed by atoms with Gasteiger partial charge in [-0.25, -0.2) is 4.79 Å². The van der Waals surface area contributed by atoms with E-state index in [4.69, 9.17) is 16.6 Å². The maximum absolute atomic E-state index is 12.4. The van der Waals surface area contributed by atoms with E-state index in [2.05, 4.69) is 10.6 Å². The zero-order valence-corrected chi connectivity index (χ0v) is 14.7. The number of rotatable bonds is 8. The molecular weight excluding hydrogens is 346 g/mol. The Morgan fingerprint density at radius 2 is 1.77 bits per heavy atom. The van der Waals surface area contributed by atoms with E-state index in [9.17, 15) is 24.0 Å². The fourth-order valence-electron chi connectivity index (χ4n) is 2.63. The lowest BCUT2D eigenvalue weighted by Crippen LogP contribution is -2.56. The number of amides is 4. The normalized spacial score (nSPS) is 20.0. The number of hydrogen-bond donors (Lipinski definition) is 5. The lowest BCUT2D eigenvalue weighted by Gasteiger charge is -2.26. The van der Waals surface area contributed by atoms with E-state index in [0.29, 0.717) is 12.8 Å². The lowest BCUT2D eigenvalue weighted by atomic mass is 10.1. The molecule has 1 aliphatic heterocycles. The van der Waals surface area contributed by atoms with Crippen molar-refractivity contribution in [1.29, 1.82) is 0 Å². The van der Waals surface area contributed by atoms with Gasteiger partial charge >= 0.3 is 5.97 Å². The summed E-state index contributed by atoms with van der Waals surface area (Å²) in [6.07, 6.45) is 0.432. The molecule has 1 aliphatic rings. The first-order valence-electron chi connectivity index (χ1n) is 8.22. The molecule has 0 bridgehead atoms. The van der Waals surface area contributed by atoms with E-state index < -0.39 is 60.2 Å². The van der Waals surface area contributed by atoms with Crippen LogP contribution in [0.5, 0.6) is 0 Å². The maximum atomic E-state index is 12.4. The molecule has 11 nitrogen and oxygen atoms in total. The summed E-state index contributed by atoms with van der Waals surface area (Å²) in [4.78, 5) is 59.9. The zero-order valence-electron chi connectivity index (χ0n) is 14.7. The fourth-order valence-corrected chi connectivity index (χ4v) is 2.63. The second-order valence-corrected chi connectivity index (χ2v) is 6.28. The number of hydrogen-bond acceptors (Lipinski definition) is 6. The molecule has 1 rings (SSSR count). The van der Waals surface area contributed by atoms with Crippen molar-refractivity contribution in [2.24, 2.45) is 11.5 Å². The van der Waals surface area contributed by atoms with E-state index in [-0.39, 0.29) is 6.54 Å². The molecule has 0 radical (unpaired) electrons. The third-order valence-electron chi connectivity index (χ3n) is 4.00. The number of carbonyl (C=O) groups excluding carboxylic acids is 4. The van der Waals surface area contributed by atoms with Crippen LogP contribution in [0.4, 0.5) is 0 Å². The van der Waals surface area contributed by atoms with Crippen molar-refractivity contribution >= 4 is 29.6 Å². The summed E-state index contributed by atoms with van der Waals surface area (Å²) < 4.78 is 0. The predicted molar refractivity (Wildman–Crippen MR) is 89.4 cm³/mol. The molecular formula is C15H25N5O6. The highest BCUT2D eigenvalue weighted by Gasteiger charge is 2.37. The molecule has 1 fully saturated rings. The Morgan fingerprint density at radius 1 is 1.15 bits per heavy atom. The van der Waals surface area contributed by atoms with E-state index >= 15 is 0 Å². The van der Waals surface area contributed by atoms with Crippen molar-refractivity contribution < 1.29 is 29.1 Å². The van der Waals surface area contributed by atoms with Crippen LogP contribution in [0.1, 0.15) is 33.1 Å². The van der Waals surface area contributed by atoms with Crippen molar-refractivity contribution in [3.05, 3.63) is 0 Å². The summed E-state index contributed by atoms with van der Waals surface area (Å²) in [5.41, 5.74) is 10.5. The molecule has 26 heavy (non-hydrogen) atoms. The van der Waals surface area contributed by atoms with E-state index in [1.54, 1.807) is 0 Å². The molecule has 7 N–H and O–H groups in total. The topological polar surface area (TPSA) is 185 Å². The number of carboxylic acid groups (broad SMARTS) is 1. The monoisotopic (exact) mass is 371 g/mol. The van der Waals surface area contributed by atoms with Crippen LogP contribution in [0.2, 0.25) is 0 Å². The van der Waals surface area contributed by atoms with Crippen LogP contribution < -0.4 is 22.1 Å². The van der Waals surface area contributed by atoms with Gasteiger partial charge < -0.3 is 32.1 Å². The largest absolute Gasteiger partial charge is 0.480 e. The Kier molecular flexibility index (Phi) is 7.50. The molecule has 4 unspecified atom stereocenters. The standard InChI is InChI=1S/C15H25N5O6/c1-7(16)12(22)19-9(6-11(17)21)13(23)18-8(2)14(24)20-5-3-4-10(20)15(25)26/h7-10H,3-6,16H2,1-2H3,(H2,17,21)(H,18,23)(H,19,22)(H,25,26). The van der Waals surface area contributed by atoms with Crippen LogP contribution in [-0.4, -0.2) is 70.3 Å². The minimum Gasteiger partial charge on any atom is -0.480 e. The van der Waals surface area contributed by atoms with Gasteiger partial charge in [-0.1, -0.05) is 0 Å². The Hall–Kier alpha value is -2.69. The maximum Gasteiger partial charge on any atom is 0.326 e. The van der Waals surface area contributed by atoms with Crippen LogP contribution in [0.3, 0.4) is 0 Å². The van der Waals surface area contributed by atoms with Crippen LogP contribution in [0.15, 0.2) is 0 Å². The summed E-state index contributed by atoms with van der Waals surface area (Å²) in [7, 11) is 0. The van der Waals surface area contributed by atoms with Crippen molar-refractivity contribution in [1.82, 2.24) is 15.5 Å². The lowest BCUT2D eigenvalue weighted by molar-refractivity contribution is -0.149. The molecule has 1 heterocycles. The molecule has 0 aromatic heterocycles. The molecule has 11 heteroatoms. The second kappa shape index (κ2) is 9.13. The summed E-state index contributed by atoms with van der Waals surface area (Å²) in [5.74, 6) is -3.93. The molecule has 0 saturated carbocycles. The molecule has 0 aromatic rings. The first-order chi connectivity index (χ1) is 12.0. The van der Waals surface area contributed by atoms with Crippen molar-refractivity contribution in [3.63, 3.8) is 0 Å². The number of carbonyl (C=O) groups is 5. The Labute approximate surface area is 150 Å². The number of carboxylic acids is 1. The molecule has 4 atom stereocenters. The quantitative estimate of drug-likeness (QED) is 0.306. The molecule has 1 saturated heterocycles. The highest BCUT2D eigenvalue weighted by Crippen LogP contribution is 2.18. The third kappa shape index (κ3) is 5.69. The van der Waals surface area contributed by atoms with Crippen molar-refractivity contribution in [2.45, 2.75) is 57.3 Å². The fraction of sp³-hybridized carbons (Fsp3) is 0.667. The Balaban J connectivity index is 2.77. The minimum absolute atomic E-state index is 0.280. The van der Waals surface area contributed by atoms with Crippen LogP contribution in [0.25, 0.3) is 0 Å². The number of primary amides is 1. The van der Waals surface area contributed by atoms with Gasteiger partial charge in [0.1, 0.15) is 18.1 Å². The van der Waals surface area contributed by atoms with Crippen molar-refractivity contribution in [3.8, 4) is 0 Å². The Morgan fingerprint density at radius 3 is 2.27 bits per heavy atom. The van der Waals surface area contributed by atoms with Crippen LogP contribution >= 0.6 is 0 Å². The molecule has 4 amide bonds. The SMILES string of the molecule is CC(N)C(=O)NC(CC(N)=O)C(=O)NC(C)C(=O)N1CCCC1C(=O)O. The van der Waals surface area contributed by atoms with Gasteiger partial charge in [-0.3, -0.25) is 19.2 Å². The summed E-state index contributed by atoms with van der Waals surface area (Å²) in [5, 5.41) is 13.8. The van der Waals surface area contributed by atoms with E-state index in [1.165, 1.54) is 18.7 Å². The second-order valence-electron chi connectivity index (χ2n) is 6.28. The van der Waals surface area contributed by atoms with Gasteiger partial charge in [0.25, 0.3) is 0 Å². The average Bonchev–Trinajstić information content (AvgIpc) is 3.02. The van der Waals surface area contributed by atoms with Gasteiger partial charge in [0.05, 0.1) is 12.5 Å². The number of aliphatic carboxylic acids is 1. The summed E-state index contributed by atoms with van der Waals surface area (Å²) in [6, 6.07) is -4.15. The zero-order chi connectivity index (χ0) is 20.0. The minimum atomic E-state index is -1.28. The average molecular weight is 371 g/mol.